The molecule has 0 spiro atoms. The third-order valence-corrected chi connectivity index (χ3v) is 3.88. The van der Waals surface area contributed by atoms with E-state index in [-0.39, 0.29) is 0 Å². The molecule has 18 heavy (non-hydrogen) atoms. The number of nitrogens with one attached hydrogen (secondary N) is 1. The van der Waals surface area contributed by atoms with E-state index in [1.165, 1.54) is 36.6 Å². The molecule has 1 aliphatic carbocycles. The van der Waals surface area contributed by atoms with E-state index < -0.39 is 0 Å². The zero-order valence-corrected chi connectivity index (χ0v) is 10.7. The summed E-state index contributed by atoms with van der Waals surface area (Å²) < 4.78 is 0. The van der Waals surface area contributed by atoms with Gasteiger partial charge in [0.2, 0.25) is 0 Å². The average molecular weight is 240 g/mol. The Morgan fingerprint density at radius 3 is 2.89 bits per heavy atom. The maximum absolute atomic E-state index is 4.49. The fraction of sp³-hybridized carbons (Fsp3) is 0.438. The van der Waals surface area contributed by atoms with E-state index in [0.29, 0.717) is 0 Å². The Bertz CT molecular complexity index is 515. The third kappa shape index (κ3) is 2.70. The van der Waals surface area contributed by atoms with Gasteiger partial charge in [-0.3, -0.25) is 4.98 Å². The Kier molecular flexibility index (Phi) is 3.56. The van der Waals surface area contributed by atoms with E-state index in [1.54, 1.807) is 0 Å². The van der Waals surface area contributed by atoms with Crippen molar-refractivity contribution in [3.8, 4) is 0 Å². The van der Waals surface area contributed by atoms with Gasteiger partial charge in [-0.2, -0.15) is 0 Å². The summed E-state index contributed by atoms with van der Waals surface area (Å²) in [5, 5.41) is 4.80. The van der Waals surface area contributed by atoms with E-state index in [1.807, 2.05) is 12.3 Å². The fourth-order valence-corrected chi connectivity index (χ4v) is 2.85. The second-order valence-corrected chi connectivity index (χ2v) is 5.32. The first kappa shape index (κ1) is 11.7. The molecule has 1 saturated carbocycles. The van der Waals surface area contributed by atoms with E-state index in [4.69, 9.17) is 0 Å². The Morgan fingerprint density at radius 1 is 1.17 bits per heavy atom. The summed E-state index contributed by atoms with van der Waals surface area (Å²) in [6, 6.07) is 10.5. The summed E-state index contributed by atoms with van der Waals surface area (Å²) in [5.74, 6) is 0.901. The molecule has 0 aliphatic heterocycles. The van der Waals surface area contributed by atoms with Crippen molar-refractivity contribution in [3.63, 3.8) is 0 Å². The quantitative estimate of drug-likeness (QED) is 0.884. The van der Waals surface area contributed by atoms with Crippen LogP contribution in [0, 0.1) is 5.92 Å². The lowest BCUT2D eigenvalue weighted by Gasteiger charge is -2.10. The minimum Gasteiger partial charge on any atom is -0.312 e. The van der Waals surface area contributed by atoms with Crippen LogP contribution in [0.5, 0.6) is 0 Å². The largest absolute Gasteiger partial charge is 0.312 e. The number of fused-ring (bicyclic) bond motifs is 1. The molecule has 1 N–H and O–H groups in total. The molecular formula is C16H20N2. The minimum absolute atomic E-state index is 0.901. The molecule has 1 aromatic carbocycles. The number of nitrogens with zero attached hydrogens (tertiary/aromatic N) is 1. The Labute approximate surface area is 108 Å². The van der Waals surface area contributed by atoms with Gasteiger partial charge in [0.05, 0.1) is 5.52 Å². The molecule has 0 unspecified atom stereocenters. The van der Waals surface area contributed by atoms with Crippen LogP contribution in [0.25, 0.3) is 10.9 Å². The molecule has 2 heteroatoms. The fourth-order valence-electron chi connectivity index (χ4n) is 2.85. The SMILES string of the molecule is c1ccc2ncc(CNCC3CCCC3)cc2c1. The Hall–Kier alpha value is -1.41. The highest BCUT2D eigenvalue weighted by Gasteiger charge is 2.13. The van der Waals surface area contributed by atoms with Crippen molar-refractivity contribution in [3.05, 3.63) is 42.1 Å². The number of pyridine rings is 1. The summed E-state index contributed by atoms with van der Waals surface area (Å²) in [5.41, 5.74) is 2.36. The summed E-state index contributed by atoms with van der Waals surface area (Å²) in [6.07, 6.45) is 7.64. The van der Waals surface area contributed by atoms with Crippen molar-refractivity contribution in [2.45, 2.75) is 32.2 Å². The summed E-state index contributed by atoms with van der Waals surface area (Å²) >= 11 is 0. The Morgan fingerprint density at radius 2 is 2.00 bits per heavy atom. The van der Waals surface area contributed by atoms with E-state index in [9.17, 15) is 0 Å². The standard InChI is InChI=1S/C16H20N2/c1-2-6-13(5-1)10-17-11-14-9-15-7-3-4-8-16(15)18-12-14/h3-4,7-9,12-13,17H,1-2,5-6,10-11H2. The number of benzene rings is 1. The van der Waals surface area contributed by atoms with Crippen molar-refractivity contribution in [1.82, 2.24) is 10.3 Å². The van der Waals surface area contributed by atoms with Gasteiger partial charge in [0.25, 0.3) is 0 Å². The topological polar surface area (TPSA) is 24.9 Å². The normalized spacial score (nSPS) is 16.4. The van der Waals surface area contributed by atoms with Gasteiger partial charge in [0, 0.05) is 18.1 Å². The second-order valence-electron chi connectivity index (χ2n) is 5.32. The number of aromatic nitrogens is 1. The van der Waals surface area contributed by atoms with Crippen LogP contribution in [-0.2, 0) is 6.54 Å². The van der Waals surface area contributed by atoms with Gasteiger partial charge in [0.15, 0.2) is 0 Å². The molecule has 3 rings (SSSR count). The molecule has 1 aromatic heterocycles. The molecular weight excluding hydrogens is 220 g/mol. The highest BCUT2D eigenvalue weighted by molar-refractivity contribution is 5.78. The first-order valence-corrected chi connectivity index (χ1v) is 6.96. The predicted molar refractivity (Wildman–Crippen MR) is 75.4 cm³/mol. The lowest BCUT2D eigenvalue weighted by molar-refractivity contribution is 0.489. The Balaban J connectivity index is 1.60. The summed E-state index contributed by atoms with van der Waals surface area (Å²) in [4.78, 5) is 4.49. The van der Waals surface area contributed by atoms with Crippen LogP contribution in [0.1, 0.15) is 31.2 Å². The van der Waals surface area contributed by atoms with Crippen molar-refractivity contribution in [2.75, 3.05) is 6.54 Å². The number of para-hydroxylation sites is 1. The molecule has 0 radical (unpaired) electrons. The molecule has 0 atom stereocenters. The molecule has 94 valence electrons. The maximum atomic E-state index is 4.49. The molecule has 0 saturated heterocycles. The maximum Gasteiger partial charge on any atom is 0.0702 e. The van der Waals surface area contributed by atoms with Crippen LogP contribution in [0.15, 0.2) is 36.5 Å². The smallest absolute Gasteiger partial charge is 0.0702 e. The first-order valence-electron chi connectivity index (χ1n) is 6.96. The predicted octanol–water partition coefficient (Wildman–Crippen LogP) is 3.51. The van der Waals surface area contributed by atoms with Crippen LogP contribution in [0.2, 0.25) is 0 Å². The lowest BCUT2D eigenvalue weighted by atomic mass is 10.1. The average Bonchev–Trinajstić information content (AvgIpc) is 2.92. The van der Waals surface area contributed by atoms with Gasteiger partial charge in [-0.05, 0) is 43.0 Å². The third-order valence-electron chi connectivity index (χ3n) is 3.88. The highest BCUT2D eigenvalue weighted by Crippen LogP contribution is 2.23. The van der Waals surface area contributed by atoms with Crippen molar-refractivity contribution in [2.24, 2.45) is 5.92 Å². The van der Waals surface area contributed by atoms with E-state index in [2.05, 4.69) is 34.6 Å². The zero-order chi connectivity index (χ0) is 12.2. The second kappa shape index (κ2) is 5.49. The van der Waals surface area contributed by atoms with E-state index in [0.717, 1.165) is 24.5 Å². The van der Waals surface area contributed by atoms with Gasteiger partial charge in [-0.1, -0.05) is 31.0 Å². The molecule has 1 aliphatic rings. The number of hydrogen-bond donors (Lipinski definition) is 1. The first-order chi connectivity index (χ1) is 8.92. The lowest BCUT2D eigenvalue weighted by Crippen LogP contribution is -2.20. The zero-order valence-electron chi connectivity index (χ0n) is 10.7. The monoisotopic (exact) mass is 240 g/mol. The number of rotatable bonds is 4. The van der Waals surface area contributed by atoms with Crippen LogP contribution >= 0.6 is 0 Å². The van der Waals surface area contributed by atoms with Crippen LogP contribution < -0.4 is 5.32 Å². The van der Waals surface area contributed by atoms with Crippen molar-refractivity contribution < 1.29 is 0 Å². The van der Waals surface area contributed by atoms with Gasteiger partial charge in [-0.25, -0.2) is 0 Å². The molecule has 0 bridgehead atoms. The molecule has 0 amide bonds. The molecule has 1 fully saturated rings. The van der Waals surface area contributed by atoms with Crippen molar-refractivity contribution in [1.29, 1.82) is 0 Å². The van der Waals surface area contributed by atoms with Gasteiger partial charge in [0.1, 0.15) is 0 Å². The van der Waals surface area contributed by atoms with Crippen LogP contribution in [0.4, 0.5) is 0 Å². The molecule has 2 nitrogen and oxygen atoms in total. The van der Waals surface area contributed by atoms with Gasteiger partial charge >= 0.3 is 0 Å². The van der Waals surface area contributed by atoms with Crippen LogP contribution in [-0.4, -0.2) is 11.5 Å². The van der Waals surface area contributed by atoms with E-state index >= 15 is 0 Å². The number of hydrogen-bond acceptors (Lipinski definition) is 2. The molecule has 2 aromatic rings. The highest BCUT2D eigenvalue weighted by atomic mass is 14.9. The minimum atomic E-state index is 0.901. The van der Waals surface area contributed by atoms with Gasteiger partial charge < -0.3 is 5.32 Å². The van der Waals surface area contributed by atoms with Crippen LogP contribution in [0.3, 0.4) is 0 Å². The van der Waals surface area contributed by atoms with Crippen molar-refractivity contribution >= 4 is 10.9 Å². The molecule has 1 heterocycles. The summed E-state index contributed by atoms with van der Waals surface area (Å²) in [7, 11) is 0. The van der Waals surface area contributed by atoms with Gasteiger partial charge in [-0.15, -0.1) is 0 Å². The summed E-state index contributed by atoms with van der Waals surface area (Å²) in [6.45, 7) is 2.10.